The number of hydrogen-bond donors (Lipinski definition) is 1. The molecule has 1 amide bonds. The second-order valence-corrected chi connectivity index (χ2v) is 5.79. The second kappa shape index (κ2) is 8.88. The fourth-order valence-corrected chi connectivity index (χ4v) is 2.53. The Labute approximate surface area is 133 Å². The number of carbonyl (C=O) groups is 1. The molecule has 0 unspecified atom stereocenters. The van der Waals surface area contributed by atoms with E-state index in [4.69, 9.17) is 4.74 Å². The van der Waals surface area contributed by atoms with E-state index in [9.17, 15) is 4.79 Å². The molecule has 5 nitrogen and oxygen atoms in total. The van der Waals surface area contributed by atoms with Gasteiger partial charge in [0.1, 0.15) is 0 Å². The van der Waals surface area contributed by atoms with Crippen LogP contribution in [0.1, 0.15) is 12.5 Å². The number of anilines is 1. The number of nitrogens with zero attached hydrogens (tertiary/aromatic N) is 2. The highest BCUT2D eigenvalue weighted by molar-refractivity contribution is 5.92. The van der Waals surface area contributed by atoms with Crippen LogP contribution in [0.5, 0.6) is 0 Å². The van der Waals surface area contributed by atoms with Gasteiger partial charge in [-0.3, -0.25) is 14.6 Å². The van der Waals surface area contributed by atoms with Crippen molar-refractivity contribution in [1.82, 2.24) is 9.80 Å². The van der Waals surface area contributed by atoms with Crippen LogP contribution in [-0.2, 0) is 16.0 Å². The smallest absolute Gasteiger partial charge is 0.238 e. The monoisotopic (exact) mass is 305 g/mol. The van der Waals surface area contributed by atoms with E-state index in [-0.39, 0.29) is 5.91 Å². The lowest BCUT2D eigenvalue weighted by molar-refractivity contribution is -0.117. The van der Waals surface area contributed by atoms with Gasteiger partial charge in [0.15, 0.2) is 0 Å². The zero-order valence-electron chi connectivity index (χ0n) is 13.7. The molecule has 0 bridgehead atoms. The molecule has 0 saturated carbocycles. The summed E-state index contributed by atoms with van der Waals surface area (Å²) in [5, 5.41) is 2.97. The Balaban J connectivity index is 1.71. The average molecular weight is 305 g/mol. The minimum atomic E-state index is 0.0396. The molecule has 1 fully saturated rings. The molecule has 0 aromatic heterocycles. The standard InChI is InChI=1S/C17H27N3O2/c1-3-15-5-4-6-16(13-15)18-17(21)14-19(2)7-8-20-9-11-22-12-10-20/h4-6,13H,3,7-12,14H2,1-2H3,(H,18,21). The van der Waals surface area contributed by atoms with Crippen molar-refractivity contribution in [3.63, 3.8) is 0 Å². The normalized spacial score (nSPS) is 16.0. The Bertz CT molecular complexity index is 473. The van der Waals surface area contributed by atoms with Crippen molar-refractivity contribution in [3.05, 3.63) is 29.8 Å². The highest BCUT2D eigenvalue weighted by Gasteiger charge is 2.12. The molecule has 1 N–H and O–H groups in total. The highest BCUT2D eigenvalue weighted by Crippen LogP contribution is 2.11. The van der Waals surface area contributed by atoms with Gasteiger partial charge in [0.05, 0.1) is 19.8 Å². The lowest BCUT2D eigenvalue weighted by Gasteiger charge is -2.28. The lowest BCUT2D eigenvalue weighted by Crippen LogP contribution is -2.42. The fraction of sp³-hybridized carbons (Fsp3) is 0.588. The summed E-state index contributed by atoms with van der Waals surface area (Å²) in [6, 6.07) is 8.02. The van der Waals surface area contributed by atoms with E-state index in [1.807, 2.05) is 25.2 Å². The Kier molecular flexibility index (Phi) is 6.83. The Morgan fingerprint density at radius 1 is 1.36 bits per heavy atom. The summed E-state index contributed by atoms with van der Waals surface area (Å²) in [5.74, 6) is 0.0396. The van der Waals surface area contributed by atoms with Crippen LogP contribution in [0.4, 0.5) is 5.69 Å². The van der Waals surface area contributed by atoms with E-state index in [2.05, 4.69) is 28.1 Å². The number of hydrogen-bond acceptors (Lipinski definition) is 4. The van der Waals surface area contributed by atoms with Gasteiger partial charge in [0.25, 0.3) is 0 Å². The van der Waals surface area contributed by atoms with Crippen LogP contribution in [0.3, 0.4) is 0 Å². The van der Waals surface area contributed by atoms with Gasteiger partial charge in [-0.15, -0.1) is 0 Å². The molecule has 2 rings (SSSR count). The first-order valence-corrected chi connectivity index (χ1v) is 8.05. The molecule has 1 aliphatic heterocycles. The molecule has 0 radical (unpaired) electrons. The third-order valence-corrected chi connectivity index (χ3v) is 3.93. The molecule has 5 heteroatoms. The van der Waals surface area contributed by atoms with Gasteiger partial charge in [0.2, 0.25) is 5.91 Å². The quantitative estimate of drug-likeness (QED) is 0.828. The number of carbonyl (C=O) groups excluding carboxylic acids is 1. The number of rotatable bonds is 7. The Hall–Kier alpha value is -1.43. The molecule has 0 atom stereocenters. The number of ether oxygens (including phenoxy) is 1. The van der Waals surface area contributed by atoms with E-state index < -0.39 is 0 Å². The number of likely N-dealkylation sites (N-methyl/N-ethyl adjacent to an activating group) is 1. The number of nitrogens with one attached hydrogen (secondary N) is 1. The van der Waals surface area contributed by atoms with Crippen molar-refractivity contribution >= 4 is 11.6 Å². The van der Waals surface area contributed by atoms with Crippen molar-refractivity contribution < 1.29 is 9.53 Å². The molecule has 1 aromatic rings. The molecule has 1 saturated heterocycles. The summed E-state index contributed by atoms with van der Waals surface area (Å²) in [6.07, 6.45) is 0.975. The zero-order valence-corrected chi connectivity index (χ0v) is 13.7. The van der Waals surface area contributed by atoms with E-state index in [1.165, 1.54) is 5.56 Å². The van der Waals surface area contributed by atoms with E-state index in [0.29, 0.717) is 6.54 Å². The average Bonchev–Trinajstić information content (AvgIpc) is 2.54. The van der Waals surface area contributed by atoms with Gasteiger partial charge in [-0.2, -0.15) is 0 Å². The number of aryl methyl sites for hydroxylation is 1. The van der Waals surface area contributed by atoms with Crippen LogP contribution >= 0.6 is 0 Å². The van der Waals surface area contributed by atoms with Gasteiger partial charge in [-0.05, 0) is 31.2 Å². The first-order valence-electron chi connectivity index (χ1n) is 8.05. The lowest BCUT2D eigenvalue weighted by atomic mass is 10.1. The predicted molar refractivity (Wildman–Crippen MR) is 89.2 cm³/mol. The predicted octanol–water partition coefficient (Wildman–Crippen LogP) is 1.45. The van der Waals surface area contributed by atoms with Crippen LogP contribution in [0.15, 0.2) is 24.3 Å². The maximum Gasteiger partial charge on any atom is 0.238 e. The summed E-state index contributed by atoms with van der Waals surface area (Å²) in [4.78, 5) is 16.5. The summed E-state index contributed by atoms with van der Waals surface area (Å²) in [5.41, 5.74) is 2.12. The third kappa shape index (κ3) is 5.75. The maximum absolute atomic E-state index is 12.1. The Morgan fingerprint density at radius 3 is 2.86 bits per heavy atom. The van der Waals surface area contributed by atoms with Gasteiger partial charge < -0.3 is 10.1 Å². The van der Waals surface area contributed by atoms with Crippen LogP contribution < -0.4 is 5.32 Å². The van der Waals surface area contributed by atoms with Gasteiger partial charge in [-0.1, -0.05) is 19.1 Å². The molecule has 122 valence electrons. The summed E-state index contributed by atoms with van der Waals surface area (Å²) in [7, 11) is 1.99. The second-order valence-electron chi connectivity index (χ2n) is 5.79. The maximum atomic E-state index is 12.1. The topological polar surface area (TPSA) is 44.8 Å². The van der Waals surface area contributed by atoms with Crippen molar-refractivity contribution in [2.75, 3.05) is 58.3 Å². The van der Waals surface area contributed by atoms with Crippen LogP contribution in [0.25, 0.3) is 0 Å². The van der Waals surface area contributed by atoms with Gasteiger partial charge >= 0.3 is 0 Å². The largest absolute Gasteiger partial charge is 0.379 e. The summed E-state index contributed by atoms with van der Waals surface area (Å²) >= 11 is 0. The third-order valence-electron chi connectivity index (χ3n) is 3.93. The molecule has 22 heavy (non-hydrogen) atoms. The first kappa shape index (κ1) is 16.9. The van der Waals surface area contributed by atoms with Gasteiger partial charge in [-0.25, -0.2) is 0 Å². The van der Waals surface area contributed by atoms with Crippen molar-refractivity contribution in [3.8, 4) is 0 Å². The SMILES string of the molecule is CCc1cccc(NC(=O)CN(C)CCN2CCOCC2)c1. The van der Waals surface area contributed by atoms with Crippen LogP contribution in [0.2, 0.25) is 0 Å². The van der Waals surface area contributed by atoms with E-state index >= 15 is 0 Å². The highest BCUT2D eigenvalue weighted by atomic mass is 16.5. The molecule has 0 aliphatic carbocycles. The number of morpholine rings is 1. The number of benzene rings is 1. The van der Waals surface area contributed by atoms with Gasteiger partial charge in [0, 0.05) is 31.9 Å². The van der Waals surface area contributed by atoms with Crippen molar-refractivity contribution in [1.29, 1.82) is 0 Å². The minimum Gasteiger partial charge on any atom is -0.379 e. The van der Waals surface area contributed by atoms with Crippen molar-refractivity contribution in [2.45, 2.75) is 13.3 Å². The first-order chi connectivity index (χ1) is 10.7. The molecular formula is C17H27N3O2. The van der Waals surface area contributed by atoms with Crippen molar-refractivity contribution in [2.24, 2.45) is 0 Å². The number of amides is 1. The fourth-order valence-electron chi connectivity index (χ4n) is 2.53. The van der Waals surface area contributed by atoms with E-state index in [1.54, 1.807) is 0 Å². The zero-order chi connectivity index (χ0) is 15.8. The molecule has 1 aliphatic rings. The molecule has 1 heterocycles. The minimum absolute atomic E-state index is 0.0396. The molecule has 1 aromatic carbocycles. The molecule has 0 spiro atoms. The van der Waals surface area contributed by atoms with Crippen LogP contribution in [0, 0.1) is 0 Å². The summed E-state index contributed by atoms with van der Waals surface area (Å²) < 4.78 is 5.34. The Morgan fingerprint density at radius 2 is 2.14 bits per heavy atom. The summed E-state index contributed by atoms with van der Waals surface area (Å²) in [6.45, 7) is 8.02. The van der Waals surface area contributed by atoms with E-state index in [0.717, 1.165) is 51.5 Å². The van der Waals surface area contributed by atoms with Crippen LogP contribution in [-0.4, -0.2) is 68.7 Å². The molecular weight excluding hydrogens is 278 g/mol.